The molecule has 1 saturated carbocycles. The number of nitrogens with one attached hydrogen (secondary N) is 1. The molecule has 1 aromatic heterocycles. The van der Waals surface area contributed by atoms with Crippen LogP contribution in [0, 0.1) is 0 Å². The second-order valence-electron chi connectivity index (χ2n) is 4.43. The molecule has 1 aromatic rings. The summed E-state index contributed by atoms with van der Waals surface area (Å²) in [6, 6.07) is 3.82. The van der Waals surface area contributed by atoms with E-state index in [0.29, 0.717) is 5.82 Å². The molecule has 4 nitrogen and oxygen atoms in total. The highest BCUT2D eigenvalue weighted by molar-refractivity contribution is 5.46. The van der Waals surface area contributed by atoms with Crippen molar-refractivity contribution in [1.29, 1.82) is 0 Å². The van der Waals surface area contributed by atoms with E-state index in [1.54, 1.807) is 12.3 Å². The number of aliphatic hydroxyl groups excluding tert-OH is 1. The number of nitrogen functional groups attached to an aromatic ring is 1. The zero-order valence-corrected chi connectivity index (χ0v) is 9.39. The van der Waals surface area contributed by atoms with Crippen LogP contribution >= 0.6 is 0 Å². The van der Waals surface area contributed by atoms with Crippen LogP contribution in [0.2, 0.25) is 0 Å². The van der Waals surface area contributed by atoms with E-state index >= 15 is 0 Å². The SMILES string of the molecule is Nc1ccc(NC2CCCCCC2O)cn1. The molecule has 1 fully saturated rings. The van der Waals surface area contributed by atoms with E-state index in [0.717, 1.165) is 24.9 Å². The fourth-order valence-corrected chi connectivity index (χ4v) is 2.16. The summed E-state index contributed by atoms with van der Waals surface area (Å²) < 4.78 is 0. The Morgan fingerprint density at radius 2 is 2.06 bits per heavy atom. The van der Waals surface area contributed by atoms with Crippen LogP contribution in [0.25, 0.3) is 0 Å². The Balaban J connectivity index is 1.99. The number of aliphatic hydroxyl groups is 1. The number of anilines is 2. The van der Waals surface area contributed by atoms with Crippen molar-refractivity contribution in [3.63, 3.8) is 0 Å². The molecule has 0 spiro atoms. The highest BCUT2D eigenvalue weighted by Crippen LogP contribution is 2.21. The molecule has 88 valence electrons. The molecule has 2 rings (SSSR count). The van der Waals surface area contributed by atoms with Gasteiger partial charge in [0.15, 0.2) is 0 Å². The maximum atomic E-state index is 9.96. The van der Waals surface area contributed by atoms with Gasteiger partial charge in [0.05, 0.1) is 24.0 Å². The second kappa shape index (κ2) is 5.16. The normalized spacial score (nSPS) is 26.1. The molecular formula is C12H19N3O. The summed E-state index contributed by atoms with van der Waals surface area (Å²) in [6.45, 7) is 0. The standard InChI is InChI=1S/C12H19N3O/c13-12-7-6-9(8-14-12)15-10-4-2-1-3-5-11(10)16/h6-8,10-11,15-16H,1-5H2,(H2,13,14). The van der Waals surface area contributed by atoms with Gasteiger partial charge >= 0.3 is 0 Å². The lowest BCUT2D eigenvalue weighted by atomic mass is 10.1. The molecule has 2 atom stereocenters. The van der Waals surface area contributed by atoms with Gasteiger partial charge in [-0.1, -0.05) is 19.3 Å². The van der Waals surface area contributed by atoms with Crippen molar-refractivity contribution in [2.45, 2.75) is 44.2 Å². The van der Waals surface area contributed by atoms with Crippen LogP contribution in [0.1, 0.15) is 32.1 Å². The third-order valence-electron chi connectivity index (χ3n) is 3.12. The summed E-state index contributed by atoms with van der Waals surface area (Å²) in [7, 11) is 0. The van der Waals surface area contributed by atoms with Crippen LogP contribution in [0.3, 0.4) is 0 Å². The first-order valence-corrected chi connectivity index (χ1v) is 5.92. The van der Waals surface area contributed by atoms with E-state index in [1.807, 2.05) is 6.07 Å². The lowest BCUT2D eigenvalue weighted by Crippen LogP contribution is -2.32. The Labute approximate surface area is 95.9 Å². The number of hydrogen-bond donors (Lipinski definition) is 3. The van der Waals surface area contributed by atoms with Gasteiger partial charge in [-0.2, -0.15) is 0 Å². The fourth-order valence-electron chi connectivity index (χ4n) is 2.16. The molecule has 0 aromatic carbocycles. The zero-order chi connectivity index (χ0) is 11.4. The van der Waals surface area contributed by atoms with Crippen LogP contribution in [0.5, 0.6) is 0 Å². The Morgan fingerprint density at radius 1 is 1.25 bits per heavy atom. The van der Waals surface area contributed by atoms with E-state index in [-0.39, 0.29) is 12.1 Å². The number of pyridine rings is 1. The topological polar surface area (TPSA) is 71.2 Å². The van der Waals surface area contributed by atoms with E-state index < -0.39 is 0 Å². The Kier molecular flexibility index (Phi) is 3.62. The average molecular weight is 221 g/mol. The molecule has 0 bridgehead atoms. The summed E-state index contributed by atoms with van der Waals surface area (Å²) in [6.07, 6.45) is 6.89. The third-order valence-corrected chi connectivity index (χ3v) is 3.12. The molecule has 0 amide bonds. The summed E-state index contributed by atoms with van der Waals surface area (Å²) in [4.78, 5) is 4.03. The van der Waals surface area contributed by atoms with Crippen molar-refractivity contribution in [3.8, 4) is 0 Å². The Morgan fingerprint density at radius 3 is 2.81 bits per heavy atom. The lowest BCUT2D eigenvalue weighted by molar-refractivity contribution is 0.144. The number of aromatic nitrogens is 1. The molecule has 1 aliphatic rings. The minimum absolute atomic E-state index is 0.146. The molecule has 1 heterocycles. The van der Waals surface area contributed by atoms with Gasteiger partial charge in [0, 0.05) is 0 Å². The lowest BCUT2D eigenvalue weighted by Gasteiger charge is -2.22. The molecule has 0 aliphatic heterocycles. The molecule has 0 saturated heterocycles. The minimum atomic E-state index is -0.250. The summed E-state index contributed by atoms with van der Waals surface area (Å²) >= 11 is 0. The molecule has 0 radical (unpaired) electrons. The molecular weight excluding hydrogens is 202 g/mol. The van der Waals surface area contributed by atoms with Crippen molar-refractivity contribution in [3.05, 3.63) is 18.3 Å². The van der Waals surface area contributed by atoms with Gasteiger partial charge < -0.3 is 16.2 Å². The molecule has 16 heavy (non-hydrogen) atoms. The van der Waals surface area contributed by atoms with Gasteiger partial charge in [-0.25, -0.2) is 4.98 Å². The molecule has 4 heteroatoms. The molecule has 1 aliphatic carbocycles. The Hall–Kier alpha value is -1.29. The van der Waals surface area contributed by atoms with E-state index in [9.17, 15) is 5.11 Å². The highest BCUT2D eigenvalue weighted by atomic mass is 16.3. The van der Waals surface area contributed by atoms with Gasteiger partial charge in [0.2, 0.25) is 0 Å². The maximum absolute atomic E-state index is 9.96. The van der Waals surface area contributed by atoms with E-state index in [1.165, 1.54) is 12.8 Å². The highest BCUT2D eigenvalue weighted by Gasteiger charge is 2.21. The van der Waals surface area contributed by atoms with Crippen molar-refractivity contribution < 1.29 is 5.11 Å². The number of nitrogens with zero attached hydrogens (tertiary/aromatic N) is 1. The predicted octanol–water partition coefficient (Wildman–Crippen LogP) is 1.77. The minimum Gasteiger partial charge on any atom is -0.391 e. The van der Waals surface area contributed by atoms with Crippen LogP contribution in [-0.4, -0.2) is 22.2 Å². The van der Waals surface area contributed by atoms with E-state index in [2.05, 4.69) is 10.3 Å². The predicted molar refractivity (Wildman–Crippen MR) is 65.2 cm³/mol. The number of nitrogens with two attached hydrogens (primary N) is 1. The van der Waals surface area contributed by atoms with Crippen LogP contribution < -0.4 is 11.1 Å². The van der Waals surface area contributed by atoms with Crippen LogP contribution in [-0.2, 0) is 0 Å². The number of rotatable bonds is 2. The zero-order valence-electron chi connectivity index (χ0n) is 9.39. The van der Waals surface area contributed by atoms with Gasteiger partial charge in [0.1, 0.15) is 5.82 Å². The number of hydrogen-bond acceptors (Lipinski definition) is 4. The van der Waals surface area contributed by atoms with Crippen LogP contribution in [0.4, 0.5) is 11.5 Å². The Bertz CT molecular complexity index is 326. The monoisotopic (exact) mass is 221 g/mol. The van der Waals surface area contributed by atoms with Gasteiger partial charge in [-0.15, -0.1) is 0 Å². The van der Waals surface area contributed by atoms with Crippen LogP contribution in [0.15, 0.2) is 18.3 Å². The summed E-state index contributed by atoms with van der Waals surface area (Å²) in [5, 5.41) is 13.3. The third kappa shape index (κ3) is 2.85. The van der Waals surface area contributed by atoms with Crippen molar-refractivity contribution in [2.75, 3.05) is 11.1 Å². The molecule has 4 N–H and O–H groups in total. The second-order valence-corrected chi connectivity index (χ2v) is 4.43. The van der Waals surface area contributed by atoms with Gasteiger partial charge in [0.25, 0.3) is 0 Å². The summed E-state index contributed by atoms with van der Waals surface area (Å²) in [5.74, 6) is 0.520. The van der Waals surface area contributed by atoms with Crippen molar-refractivity contribution in [2.24, 2.45) is 0 Å². The average Bonchev–Trinajstić information content (AvgIpc) is 2.48. The quantitative estimate of drug-likeness (QED) is 0.666. The van der Waals surface area contributed by atoms with Crippen molar-refractivity contribution >= 4 is 11.5 Å². The first-order chi connectivity index (χ1) is 7.75. The maximum Gasteiger partial charge on any atom is 0.123 e. The largest absolute Gasteiger partial charge is 0.391 e. The first kappa shape index (κ1) is 11.2. The van der Waals surface area contributed by atoms with Crippen molar-refractivity contribution in [1.82, 2.24) is 4.98 Å². The fraction of sp³-hybridized carbons (Fsp3) is 0.583. The smallest absolute Gasteiger partial charge is 0.123 e. The van der Waals surface area contributed by atoms with E-state index in [4.69, 9.17) is 5.73 Å². The van der Waals surface area contributed by atoms with Gasteiger partial charge in [-0.3, -0.25) is 0 Å². The first-order valence-electron chi connectivity index (χ1n) is 5.92. The molecule has 2 unspecified atom stereocenters. The van der Waals surface area contributed by atoms with Gasteiger partial charge in [-0.05, 0) is 25.0 Å². The summed E-state index contributed by atoms with van der Waals surface area (Å²) in [5.41, 5.74) is 6.45.